The minimum Gasteiger partial charge on any atom is -0.395 e. The predicted molar refractivity (Wildman–Crippen MR) is 69.9 cm³/mol. The van der Waals surface area contributed by atoms with Gasteiger partial charge in [0.1, 0.15) is 0 Å². The van der Waals surface area contributed by atoms with Crippen molar-refractivity contribution in [1.29, 1.82) is 0 Å². The highest BCUT2D eigenvalue weighted by Crippen LogP contribution is 2.45. The molecule has 0 heterocycles. The van der Waals surface area contributed by atoms with Crippen molar-refractivity contribution in [3.63, 3.8) is 0 Å². The molecule has 1 N–H and O–H groups in total. The van der Waals surface area contributed by atoms with Crippen LogP contribution < -0.4 is 0 Å². The topological polar surface area (TPSA) is 37.3 Å². The zero-order valence-electron chi connectivity index (χ0n) is 7.57. The first-order valence-corrected chi connectivity index (χ1v) is 7.13. The van der Waals surface area contributed by atoms with Crippen LogP contribution in [-0.2, 0) is 10.8 Å². The van der Waals surface area contributed by atoms with Gasteiger partial charge in [-0.05, 0) is 0 Å². The lowest BCUT2D eigenvalue weighted by Gasteiger charge is -2.11. The zero-order chi connectivity index (χ0) is 12.5. The molecule has 0 radical (unpaired) electrons. The highest BCUT2D eigenvalue weighted by molar-refractivity contribution is 7.85. The fourth-order valence-corrected chi connectivity index (χ4v) is 3.71. The predicted octanol–water partition coefficient (Wildman–Crippen LogP) is 4.05. The van der Waals surface area contributed by atoms with E-state index in [4.69, 9.17) is 63.1 Å². The molecular weight excluding hydrogens is 337 g/mol. The lowest BCUT2D eigenvalue weighted by Crippen LogP contribution is -2.04. The summed E-state index contributed by atoms with van der Waals surface area (Å²) in [6.45, 7) is -0.267. The summed E-state index contributed by atoms with van der Waals surface area (Å²) >= 11 is 29.1. The minimum absolute atomic E-state index is 0.000905. The van der Waals surface area contributed by atoms with E-state index in [1.54, 1.807) is 0 Å². The summed E-state index contributed by atoms with van der Waals surface area (Å²) in [4.78, 5) is 0.0942. The van der Waals surface area contributed by atoms with Crippen molar-refractivity contribution >= 4 is 68.8 Å². The first-order chi connectivity index (χ1) is 7.41. The Morgan fingerprint density at radius 2 is 1.25 bits per heavy atom. The third-order valence-electron chi connectivity index (χ3n) is 1.67. The smallest absolute Gasteiger partial charge is 0.0809 e. The van der Waals surface area contributed by atoms with Gasteiger partial charge in [0.15, 0.2) is 0 Å². The van der Waals surface area contributed by atoms with E-state index in [-0.39, 0.29) is 42.4 Å². The van der Waals surface area contributed by atoms with Crippen LogP contribution in [0.15, 0.2) is 4.90 Å². The Bertz CT molecular complexity index is 420. The third-order valence-corrected chi connectivity index (χ3v) is 5.59. The van der Waals surface area contributed by atoms with Gasteiger partial charge in [0.25, 0.3) is 0 Å². The lowest BCUT2D eigenvalue weighted by molar-refractivity contribution is 0.321. The summed E-state index contributed by atoms with van der Waals surface area (Å²) in [6, 6.07) is 0. The minimum atomic E-state index is -1.58. The molecule has 1 rings (SSSR count). The van der Waals surface area contributed by atoms with Gasteiger partial charge in [0, 0.05) is 0 Å². The number of benzene rings is 1. The second kappa shape index (κ2) is 6.10. The van der Waals surface area contributed by atoms with Crippen molar-refractivity contribution < 1.29 is 9.32 Å². The molecule has 0 fully saturated rings. The lowest BCUT2D eigenvalue weighted by atomic mass is 10.3. The molecule has 90 valence electrons. The molecule has 0 aliphatic rings. The summed E-state index contributed by atoms with van der Waals surface area (Å²) < 4.78 is 11.7. The van der Waals surface area contributed by atoms with Crippen molar-refractivity contribution in [2.24, 2.45) is 0 Å². The van der Waals surface area contributed by atoms with Gasteiger partial charge in [0.2, 0.25) is 0 Å². The number of hydrogen-bond donors (Lipinski definition) is 1. The maximum atomic E-state index is 11.7. The number of rotatable bonds is 3. The van der Waals surface area contributed by atoms with Gasteiger partial charge in [-0.1, -0.05) is 58.0 Å². The van der Waals surface area contributed by atoms with Crippen LogP contribution in [-0.4, -0.2) is 21.7 Å². The second-order valence-electron chi connectivity index (χ2n) is 2.67. The number of hydrogen-bond acceptors (Lipinski definition) is 2. The average molecular weight is 342 g/mol. The van der Waals surface area contributed by atoms with Crippen LogP contribution in [0, 0.1) is 0 Å². The standard InChI is InChI=1S/C8H5Cl5O2S/c9-3-4(10)6(12)8(7(13)5(3)11)16(15)2-1-14/h14H,1-2H2/t16-/m1/s1. The molecule has 0 aliphatic carbocycles. The van der Waals surface area contributed by atoms with Gasteiger partial charge >= 0.3 is 0 Å². The fraction of sp³-hybridized carbons (Fsp3) is 0.250. The van der Waals surface area contributed by atoms with E-state index in [0.29, 0.717) is 0 Å². The van der Waals surface area contributed by atoms with Gasteiger partial charge in [-0.15, -0.1) is 0 Å². The van der Waals surface area contributed by atoms with E-state index in [0.717, 1.165) is 0 Å². The average Bonchev–Trinajstić information content (AvgIpc) is 2.24. The summed E-state index contributed by atoms with van der Waals surface area (Å²) in [5.74, 6) is -0.00622. The molecule has 1 aromatic carbocycles. The van der Waals surface area contributed by atoms with Crippen molar-refractivity contribution in [3.8, 4) is 0 Å². The summed E-state index contributed by atoms with van der Waals surface area (Å²) in [5.41, 5.74) is 0. The first kappa shape index (κ1) is 14.8. The van der Waals surface area contributed by atoms with Crippen LogP contribution >= 0.6 is 58.0 Å². The summed E-state index contributed by atoms with van der Waals surface area (Å²) in [6.07, 6.45) is 0. The van der Waals surface area contributed by atoms with Gasteiger partial charge in [0.05, 0.1) is 53.2 Å². The summed E-state index contributed by atoms with van der Waals surface area (Å²) in [5, 5.41) is 8.70. The van der Waals surface area contributed by atoms with Crippen LogP contribution in [0.1, 0.15) is 0 Å². The SMILES string of the molecule is O=[S@](CCO)c1c(Cl)c(Cl)c(Cl)c(Cl)c1Cl. The monoisotopic (exact) mass is 340 g/mol. The molecular formula is C8H5Cl5O2S. The highest BCUT2D eigenvalue weighted by atomic mass is 35.5. The molecule has 0 unspecified atom stereocenters. The van der Waals surface area contributed by atoms with E-state index in [9.17, 15) is 4.21 Å². The maximum absolute atomic E-state index is 11.7. The molecule has 0 saturated carbocycles. The Morgan fingerprint density at radius 3 is 1.62 bits per heavy atom. The van der Waals surface area contributed by atoms with Crippen molar-refractivity contribution in [2.45, 2.75) is 4.90 Å². The first-order valence-electron chi connectivity index (χ1n) is 3.92. The zero-order valence-corrected chi connectivity index (χ0v) is 12.2. The van der Waals surface area contributed by atoms with Gasteiger partial charge in [-0.25, -0.2) is 0 Å². The third kappa shape index (κ3) is 2.78. The number of halogens is 5. The van der Waals surface area contributed by atoms with Crippen LogP contribution in [0.2, 0.25) is 25.1 Å². The van der Waals surface area contributed by atoms with Crippen molar-refractivity contribution in [1.82, 2.24) is 0 Å². The molecule has 0 spiro atoms. The molecule has 0 aromatic heterocycles. The Labute approximate surface area is 120 Å². The van der Waals surface area contributed by atoms with Gasteiger partial charge < -0.3 is 5.11 Å². The fourth-order valence-electron chi connectivity index (χ4n) is 0.970. The van der Waals surface area contributed by atoms with Gasteiger partial charge in [-0.2, -0.15) is 0 Å². The molecule has 2 nitrogen and oxygen atoms in total. The van der Waals surface area contributed by atoms with Crippen LogP contribution in [0.5, 0.6) is 0 Å². The van der Waals surface area contributed by atoms with E-state index in [1.807, 2.05) is 0 Å². The van der Waals surface area contributed by atoms with Crippen LogP contribution in [0.25, 0.3) is 0 Å². The Hall–Kier alpha value is 0.780. The van der Waals surface area contributed by atoms with E-state index < -0.39 is 10.8 Å². The Morgan fingerprint density at radius 1 is 0.875 bits per heavy atom. The highest BCUT2D eigenvalue weighted by Gasteiger charge is 2.22. The van der Waals surface area contributed by atoms with E-state index in [1.165, 1.54) is 0 Å². The maximum Gasteiger partial charge on any atom is 0.0809 e. The summed E-state index contributed by atoms with van der Waals surface area (Å²) in [7, 11) is -1.58. The number of aliphatic hydroxyl groups is 1. The Kier molecular flexibility index (Phi) is 5.65. The molecule has 0 bridgehead atoms. The van der Waals surface area contributed by atoms with Crippen molar-refractivity contribution in [2.75, 3.05) is 12.4 Å². The van der Waals surface area contributed by atoms with Crippen LogP contribution in [0.4, 0.5) is 0 Å². The molecule has 1 aromatic rings. The molecule has 16 heavy (non-hydrogen) atoms. The molecule has 0 saturated heterocycles. The normalized spacial score (nSPS) is 12.9. The van der Waals surface area contributed by atoms with E-state index in [2.05, 4.69) is 0 Å². The number of aliphatic hydroxyl groups excluding tert-OH is 1. The van der Waals surface area contributed by atoms with Crippen LogP contribution in [0.3, 0.4) is 0 Å². The second-order valence-corrected chi connectivity index (χ2v) is 6.07. The van der Waals surface area contributed by atoms with Crippen molar-refractivity contribution in [3.05, 3.63) is 25.1 Å². The quantitative estimate of drug-likeness (QED) is 0.664. The largest absolute Gasteiger partial charge is 0.395 e. The molecule has 0 aliphatic heterocycles. The Balaban J connectivity index is 3.45. The molecule has 1 atom stereocenters. The molecule has 8 heteroatoms. The molecule has 0 amide bonds. The van der Waals surface area contributed by atoms with Gasteiger partial charge in [-0.3, -0.25) is 4.21 Å². The van der Waals surface area contributed by atoms with E-state index >= 15 is 0 Å².